The van der Waals surface area contributed by atoms with E-state index in [4.69, 9.17) is 11.3 Å². The monoisotopic (exact) mass is 344 g/mol. The van der Waals surface area contributed by atoms with Gasteiger partial charge in [-0.1, -0.05) is 0 Å². The molecule has 0 rings (SSSR count). The van der Waals surface area contributed by atoms with Gasteiger partial charge in [0.15, 0.2) is 0 Å². The minimum atomic E-state index is -3.09. The molecular formula is C10H23BrGeO3. The normalized spacial score (nSPS) is 13.2. The van der Waals surface area contributed by atoms with E-state index in [0.29, 0.717) is 4.16 Å². The molecule has 0 amide bonds. The van der Waals surface area contributed by atoms with E-state index < -0.39 is 14.3 Å². The molecule has 0 N–H and O–H groups in total. The van der Waals surface area contributed by atoms with E-state index in [1.807, 2.05) is 41.5 Å². The fraction of sp³-hybridized carbons (Fsp3) is 1.00. The van der Waals surface area contributed by atoms with Crippen molar-refractivity contribution in [2.24, 2.45) is 0 Å². The van der Waals surface area contributed by atoms with Crippen molar-refractivity contribution in [1.82, 2.24) is 0 Å². The molecule has 0 aromatic carbocycles. The molecule has 0 radical (unpaired) electrons. The van der Waals surface area contributed by atoms with E-state index in [2.05, 4.69) is 15.9 Å². The van der Waals surface area contributed by atoms with Crippen molar-refractivity contribution in [1.29, 1.82) is 0 Å². The Morgan fingerprint density at radius 1 is 0.800 bits per heavy atom. The molecule has 3 nitrogen and oxygen atoms in total. The Hall–Kier alpha value is 0.903. The third-order valence-electron chi connectivity index (χ3n) is 1.41. The van der Waals surface area contributed by atoms with Crippen molar-refractivity contribution in [2.75, 3.05) is 4.16 Å². The second kappa shape index (κ2) is 7.27. The van der Waals surface area contributed by atoms with Crippen LogP contribution in [0.15, 0.2) is 0 Å². The van der Waals surface area contributed by atoms with Crippen molar-refractivity contribution < 1.29 is 11.3 Å². The number of rotatable bonds is 7. The van der Waals surface area contributed by atoms with E-state index in [0.717, 1.165) is 0 Å². The van der Waals surface area contributed by atoms with E-state index >= 15 is 0 Å². The number of alkyl halides is 1. The van der Waals surface area contributed by atoms with Crippen molar-refractivity contribution in [3.8, 4) is 0 Å². The summed E-state index contributed by atoms with van der Waals surface area (Å²) in [5, 5.41) is 0. The fourth-order valence-corrected chi connectivity index (χ4v) is 8.58. The van der Waals surface area contributed by atoms with Crippen LogP contribution in [0.4, 0.5) is 0 Å². The van der Waals surface area contributed by atoms with Crippen molar-refractivity contribution in [2.45, 2.75) is 59.9 Å². The molecular weight excluding hydrogens is 321 g/mol. The predicted octanol–water partition coefficient (Wildman–Crippen LogP) is 3.13. The Kier molecular flexibility index (Phi) is 7.71. The van der Waals surface area contributed by atoms with Crippen LogP contribution < -0.4 is 0 Å². The quantitative estimate of drug-likeness (QED) is 0.525. The van der Waals surface area contributed by atoms with Gasteiger partial charge in [-0.25, -0.2) is 0 Å². The molecule has 0 unspecified atom stereocenters. The van der Waals surface area contributed by atoms with Gasteiger partial charge in [-0.3, -0.25) is 0 Å². The first-order valence-electron chi connectivity index (χ1n) is 5.40. The van der Waals surface area contributed by atoms with Gasteiger partial charge >= 0.3 is 106 Å². The average molecular weight is 344 g/mol. The summed E-state index contributed by atoms with van der Waals surface area (Å²) in [5.74, 6) is 0. The molecule has 0 aliphatic rings. The number of hydrogen-bond acceptors (Lipinski definition) is 3. The zero-order valence-corrected chi connectivity index (χ0v) is 14.2. The number of hydrogen-bond donors (Lipinski definition) is 0. The Labute approximate surface area is 105 Å². The summed E-state index contributed by atoms with van der Waals surface area (Å²) in [4.78, 5) is 0. The van der Waals surface area contributed by atoms with Crippen molar-refractivity contribution in [3.63, 3.8) is 0 Å². The summed E-state index contributed by atoms with van der Waals surface area (Å²) < 4.78 is 18.4. The maximum atomic E-state index is 5.90. The molecule has 0 spiro atoms. The Morgan fingerprint density at radius 2 is 1.07 bits per heavy atom. The summed E-state index contributed by atoms with van der Waals surface area (Å²) in [5.41, 5.74) is 0. The zero-order chi connectivity index (χ0) is 12.1. The Bertz CT molecular complexity index is 148. The van der Waals surface area contributed by atoms with Crippen LogP contribution in [0.1, 0.15) is 41.5 Å². The average Bonchev–Trinajstić information content (AvgIpc) is 1.99. The zero-order valence-electron chi connectivity index (χ0n) is 10.5. The molecule has 0 saturated heterocycles. The van der Waals surface area contributed by atoms with Gasteiger partial charge in [0.25, 0.3) is 0 Å². The first kappa shape index (κ1) is 15.9. The maximum absolute atomic E-state index is 5.90. The van der Waals surface area contributed by atoms with Gasteiger partial charge in [-0.05, 0) is 0 Å². The summed E-state index contributed by atoms with van der Waals surface area (Å²) >= 11 is 0.377. The van der Waals surface area contributed by atoms with Gasteiger partial charge < -0.3 is 0 Å². The van der Waals surface area contributed by atoms with E-state index in [1.165, 1.54) is 0 Å². The van der Waals surface area contributed by atoms with Gasteiger partial charge in [0.2, 0.25) is 0 Å². The number of halogens is 1. The van der Waals surface area contributed by atoms with Gasteiger partial charge in [0.05, 0.1) is 0 Å². The Balaban J connectivity index is 4.59. The molecule has 15 heavy (non-hydrogen) atoms. The molecule has 0 bridgehead atoms. The van der Waals surface area contributed by atoms with Crippen LogP contribution in [0, 0.1) is 0 Å². The SMILES string of the molecule is CC(C)[O][Ge]([CH2]Br)([O]C(C)C)[O]C(C)C. The minimum absolute atomic E-state index is 0.139. The molecule has 0 atom stereocenters. The molecule has 92 valence electrons. The van der Waals surface area contributed by atoms with Crippen molar-refractivity contribution in [3.05, 3.63) is 0 Å². The predicted molar refractivity (Wildman–Crippen MR) is 68.2 cm³/mol. The second-order valence-corrected chi connectivity index (χ2v) is 12.1. The summed E-state index contributed by atoms with van der Waals surface area (Å²) in [6, 6.07) is 0. The van der Waals surface area contributed by atoms with Crippen LogP contribution >= 0.6 is 15.9 Å². The molecule has 0 heterocycles. The third kappa shape index (κ3) is 6.94. The topological polar surface area (TPSA) is 27.7 Å². The van der Waals surface area contributed by atoms with Crippen LogP contribution in [0.5, 0.6) is 0 Å². The first-order chi connectivity index (χ1) is 6.81. The third-order valence-corrected chi connectivity index (χ3v) is 10.9. The summed E-state index contributed by atoms with van der Waals surface area (Å²) in [7, 11) is 0. The van der Waals surface area contributed by atoms with Crippen molar-refractivity contribution >= 4 is 30.2 Å². The second-order valence-electron chi connectivity index (χ2n) is 4.32. The van der Waals surface area contributed by atoms with Gasteiger partial charge in [-0.15, -0.1) is 0 Å². The summed E-state index contributed by atoms with van der Waals surface area (Å²) in [6.07, 6.45) is 0.417. The molecule has 5 heteroatoms. The molecule has 0 saturated carbocycles. The van der Waals surface area contributed by atoms with Crippen LogP contribution in [-0.4, -0.2) is 36.8 Å². The molecule has 0 aliphatic carbocycles. The van der Waals surface area contributed by atoms with Gasteiger partial charge in [0, 0.05) is 0 Å². The molecule has 0 aromatic rings. The first-order valence-corrected chi connectivity index (χ1v) is 10.6. The molecule has 0 aromatic heterocycles. The molecule has 0 fully saturated rings. The van der Waals surface area contributed by atoms with Gasteiger partial charge in [-0.2, -0.15) is 0 Å². The standard InChI is InChI=1S/C10H23BrGeO3/c1-8(2)13-12(7-11,14-9(3)4)15-10(5)6/h8-10H,7H2,1-6H3. The van der Waals surface area contributed by atoms with Crippen LogP contribution in [0.2, 0.25) is 0 Å². The van der Waals surface area contributed by atoms with Crippen LogP contribution in [-0.2, 0) is 11.3 Å². The molecule has 0 aliphatic heterocycles. The Morgan fingerprint density at radius 3 is 1.20 bits per heavy atom. The van der Waals surface area contributed by atoms with E-state index in [9.17, 15) is 0 Å². The van der Waals surface area contributed by atoms with Gasteiger partial charge in [0.1, 0.15) is 0 Å². The van der Waals surface area contributed by atoms with E-state index in [1.54, 1.807) is 0 Å². The fourth-order valence-electron chi connectivity index (χ4n) is 1.26. The van der Waals surface area contributed by atoms with Crippen LogP contribution in [0.25, 0.3) is 0 Å². The summed E-state index contributed by atoms with van der Waals surface area (Å²) in [6.45, 7) is 12.1. The van der Waals surface area contributed by atoms with E-state index in [-0.39, 0.29) is 18.3 Å². The van der Waals surface area contributed by atoms with Crippen LogP contribution in [0.3, 0.4) is 0 Å².